The average Bonchev–Trinajstić information content (AvgIpc) is 2.95. The molecule has 1 N–H and O–H groups in total. The van der Waals surface area contributed by atoms with Crippen LogP contribution in [0.5, 0.6) is 0 Å². The molecule has 0 amide bonds. The van der Waals surface area contributed by atoms with Crippen LogP contribution in [-0.4, -0.2) is 50.4 Å². The number of aliphatic carboxylic acids is 1. The highest BCUT2D eigenvalue weighted by atomic mass is 16.4. The molecule has 29 heavy (non-hydrogen) atoms. The molecule has 0 aromatic carbocycles. The van der Waals surface area contributed by atoms with Gasteiger partial charge in [0.15, 0.2) is 5.82 Å². The molecule has 2 heterocycles. The number of carboxylic acid groups (broad SMARTS) is 1. The Kier molecular flexibility index (Phi) is 5.17. The van der Waals surface area contributed by atoms with E-state index in [-0.39, 0.29) is 12.0 Å². The highest BCUT2D eigenvalue weighted by Crippen LogP contribution is 2.60. The van der Waals surface area contributed by atoms with Crippen LogP contribution in [0.25, 0.3) is 0 Å². The van der Waals surface area contributed by atoms with Crippen LogP contribution >= 0.6 is 0 Å². The Balaban J connectivity index is 1.39. The lowest BCUT2D eigenvalue weighted by molar-refractivity contribution is -0.138. The number of hydrogen-bond acceptors (Lipinski definition) is 4. The van der Waals surface area contributed by atoms with Crippen molar-refractivity contribution < 1.29 is 9.90 Å². The Morgan fingerprint density at radius 2 is 1.79 bits per heavy atom. The van der Waals surface area contributed by atoms with Gasteiger partial charge < -0.3 is 5.11 Å². The van der Waals surface area contributed by atoms with Crippen LogP contribution in [-0.2, 0) is 16.8 Å². The standard InChI is InChI=1S/C23H36N4O2/c1-2-6-27-21(19-4-3-7-26(8-5-19)15-20(28)29)24-22(25-27)23-12-16-9-17(13-23)11-18(10-16)14-23/h16-19H,2-15H2,1H3,(H,28,29). The van der Waals surface area contributed by atoms with Gasteiger partial charge in [0.25, 0.3) is 0 Å². The van der Waals surface area contributed by atoms with E-state index in [1.54, 1.807) is 0 Å². The fourth-order valence-electron chi connectivity index (χ4n) is 7.41. The summed E-state index contributed by atoms with van der Waals surface area (Å²) in [4.78, 5) is 18.5. The van der Waals surface area contributed by atoms with Crippen LogP contribution in [0.1, 0.15) is 88.7 Å². The van der Waals surface area contributed by atoms with E-state index >= 15 is 0 Å². The molecule has 1 aromatic rings. The van der Waals surface area contributed by atoms with Gasteiger partial charge in [-0.1, -0.05) is 6.92 Å². The van der Waals surface area contributed by atoms with Crippen molar-refractivity contribution in [1.29, 1.82) is 0 Å². The molecule has 1 aliphatic heterocycles. The maximum absolute atomic E-state index is 11.1. The first-order chi connectivity index (χ1) is 14.0. The fourth-order valence-corrected chi connectivity index (χ4v) is 7.41. The molecule has 4 saturated carbocycles. The van der Waals surface area contributed by atoms with Crippen molar-refractivity contribution in [3.63, 3.8) is 0 Å². The largest absolute Gasteiger partial charge is 0.480 e. The second-order valence-electron chi connectivity index (χ2n) is 10.5. The van der Waals surface area contributed by atoms with Gasteiger partial charge in [0, 0.05) is 17.9 Å². The van der Waals surface area contributed by atoms with E-state index in [0.29, 0.717) is 5.92 Å². The zero-order chi connectivity index (χ0) is 20.0. The van der Waals surface area contributed by atoms with Gasteiger partial charge in [0.2, 0.25) is 0 Å². The predicted octanol–water partition coefficient (Wildman–Crippen LogP) is 3.81. The molecular weight excluding hydrogens is 364 g/mol. The topological polar surface area (TPSA) is 71.2 Å². The molecule has 4 bridgehead atoms. The number of carboxylic acids is 1. The summed E-state index contributed by atoms with van der Waals surface area (Å²) in [6.07, 6.45) is 12.5. The molecule has 5 aliphatic rings. The SMILES string of the molecule is CCCn1nc(C23CC4CC(CC(C4)C2)C3)nc1C1CCCN(CC(=O)O)CC1. The van der Waals surface area contributed by atoms with E-state index in [1.165, 1.54) is 44.3 Å². The smallest absolute Gasteiger partial charge is 0.317 e. The first-order valence-corrected chi connectivity index (χ1v) is 11.9. The summed E-state index contributed by atoms with van der Waals surface area (Å²) < 4.78 is 2.23. The molecule has 0 spiro atoms. The second-order valence-corrected chi connectivity index (χ2v) is 10.5. The number of hydrogen-bond donors (Lipinski definition) is 1. The highest BCUT2D eigenvalue weighted by molar-refractivity contribution is 5.69. The minimum Gasteiger partial charge on any atom is -0.480 e. The van der Waals surface area contributed by atoms with Crippen LogP contribution in [0.4, 0.5) is 0 Å². The molecule has 6 heteroatoms. The number of nitrogens with zero attached hydrogens (tertiary/aromatic N) is 4. The molecule has 6 nitrogen and oxygen atoms in total. The van der Waals surface area contributed by atoms with Crippen LogP contribution in [0.2, 0.25) is 0 Å². The lowest BCUT2D eigenvalue weighted by Gasteiger charge is -2.55. The van der Waals surface area contributed by atoms with Gasteiger partial charge in [-0.25, -0.2) is 9.67 Å². The lowest BCUT2D eigenvalue weighted by atomic mass is 9.49. The summed E-state index contributed by atoms with van der Waals surface area (Å²) in [5.41, 5.74) is 0.253. The molecular formula is C23H36N4O2. The van der Waals surface area contributed by atoms with Gasteiger partial charge in [-0.3, -0.25) is 9.69 Å². The van der Waals surface area contributed by atoms with Gasteiger partial charge >= 0.3 is 5.97 Å². The van der Waals surface area contributed by atoms with Crippen molar-refractivity contribution in [3.8, 4) is 0 Å². The van der Waals surface area contributed by atoms with Crippen molar-refractivity contribution in [1.82, 2.24) is 19.7 Å². The monoisotopic (exact) mass is 400 g/mol. The minimum atomic E-state index is -0.721. The number of aromatic nitrogens is 3. The molecule has 5 fully saturated rings. The molecule has 4 aliphatic carbocycles. The molecule has 1 saturated heterocycles. The molecule has 0 radical (unpaired) electrons. The van der Waals surface area contributed by atoms with Crippen LogP contribution in [0.15, 0.2) is 0 Å². The highest BCUT2D eigenvalue weighted by Gasteiger charge is 2.53. The van der Waals surface area contributed by atoms with Crippen molar-refractivity contribution in [2.75, 3.05) is 19.6 Å². The second kappa shape index (κ2) is 7.68. The predicted molar refractivity (Wildman–Crippen MR) is 111 cm³/mol. The zero-order valence-corrected chi connectivity index (χ0v) is 17.9. The van der Waals surface area contributed by atoms with Gasteiger partial charge in [-0.05, 0) is 95.1 Å². The first-order valence-electron chi connectivity index (χ1n) is 11.9. The van der Waals surface area contributed by atoms with Crippen LogP contribution in [0, 0.1) is 17.8 Å². The minimum absolute atomic E-state index is 0.160. The third kappa shape index (κ3) is 3.73. The number of aryl methyl sites for hydroxylation is 1. The average molecular weight is 401 g/mol. The lowest BCUT2D eigenvalue weighted by Crippen LogP contribution is -2.49. The molecule has 1 atom stereocenters. The van der Waals surface area contributed by atoms with Crippen molar-refractivity contribution in [2.24, 2.45) is 17.8 Å². The Morgan fingerprint density at radius 1 is 1.10 bits per heavy atom. The maximum Gasteiger partial charge on any atom is 0.317 e. The van der Waals surface area contributed by atoms with E-state index in [0.717, 1.165) is 68.9 Å². The summed E-state index contributed by atoms with van der Waals surface area (Å²) in [5.74, 6) is 4.76. The van der Waals surface area contributed by atoms with Crippen LogP contribution < -0.4 is 0 Å². The summed E-state index contributed by atoms with van der Waals surface area (Å²) in [6, 6.07) is 0. The Morgan fingerprint density at radius 3 is 2.41 bits per heavy atom. The number of likely N-dealkylation sites (tertiary alicyclic amines) is 1. The summed E-state index contributed by atoms with van der Waals surface area (Å²) in [5, 5.41) is 14.3. The van der Waals surface area contributed by atoms with E-state index in [1.807, 2.05) is 0 Å². The molecule has 160 valence electrons. The summed E-state index contributed by atoms with van der Waals surface area (Å²) in [6.45, 7) is 5.06. The molecule has 6 rings (SSSR count). The summed E-state index contributed by atoms with van der Waals surface area (Å²) >= 11 is 0. The third-order valence-corrected chi connectivity index (χ3v) is 8.19. The Hall–Kier alpha value is -1.43. The van der Waals surface area contributed by atoms with Gasteiger partial charge in [-0.15, -0.1) is 0 Å². The maximum atomic E-state index is 11.1. The van der Waals surface area contributed by atoms with E-state index in [2.05, 4.69) is 16.5 Å². The van der Waals surface area contributed by atoms with E-state index in [9.17, 15) is 4.79 Å². The van der Waals surface area contributed by atoms with Crippen LogP contribution in [0.3, 0.4) is 0 Å². The molecule has 1 unspecified atom stereocenters. The third-order valence-electron chi connectivity index (χ3n) is 8.19. The zero-order valence-electron chi connectivity index (χ0n) is 17.9. The van der Waals surface area contributed by atoms with Crippen molar-refractivity contribution in [2.45, 2.75) is 89.0 Å². The Labute approximate surface area is 174 Å². The van der Waals surface area contributed by atoms with Crippen molar-refractivity contribution >= 4 is 5.97 Å². The van der Waals surface area contributed by atoms with Crippen molar-refractivity contribution in [3.05, 3.63) is 11.6 Å². The quantitative estimate of drug-likeness (QED) is 0.786. The first kappa shape index (κ1) is 19.5. The van der Waals surface area contributed by atoms with Gasteiger partial charge in [-0.2, -0.15) is 5.10 Å². The number of carbonyl (C=O) groups is 1. The summed E-state index contributed by atoms with van der Waals surface area (Å²) in [7, 11) is 0. The molecule has 1 aromatic heterocycles. The Bertz CT molecular complexity index is 723. The van der Waals surface area contributed by atoms with E-state index in [4.69, 9.17) is 15.2 Å². The van der Waals surface area contributed by atoms with Gasteiger partial charge in [0.05, 0.1) is 6.54 Å². The fraction of sp³-hybridized carbons (Fsp3) is 0.870. The number of rotatable bonds is 6. The van der Waals surface area contributed by atoms with Gasteiger partial charge in [0.1, 0.15) is 5.82 Å². The van der Waals surface area contributed by atoms with E-state index < -0.39 is 5.97 Å². The normalized spacial score (nSPS) is 37.0.